The Balaban J connectivity index is 3.45. The topological polar surface area (TPSA) is 83.6 Å². The number of nitrogens with two attached hydrogens (primary N) is 1. The number of rotatable bonds is 4. The first-order valence-electron chi connectivity index (χ1n) is 5.38. The van der Waals surface area contributed by atoms with Gasteiger partial charge in [-0.1, -0.05) is 0 Å². The van der Waals surface area contributed by atoms with E-state index in [1.54, 1.807) is 0 Å². The molecule has 0 radical (unpaired) electrons. The summed E-state index contributed by atoms with van der Waals surface area (Å²) >= 11 is 0. The lowest BCUT2D eigenvalue weighted by Gasteiger charge is -2.32. The molecule has 0 aliphatic rings. The number of halogens is 2. The van der Waals surface area contributed by atoms with Crippen molar-refractivity contribution in [1.29, 1.82) is 0 Å². The highest BCUT2D eigenvalue weighted by Crippen LogP contribution is 2.28. The molecule has 0 aliphatic carbocycles. The van der Waals surface area contributed by atoms with Gasteiger partial charge in [-0.2, -0.15) is 4.31 Å². The van der Waals surface area contributed by atoms with Gasteiger partial charge in [-0.3, -0.25) is 0 Å². The number of aliphatic hydroxyl groups excluding tert-OH is 1. The van der Waals surface area contributed by atoms with Gasteiger partial charge in [0.25, 0.3) is 0 Å². The molecule has 1 aromatic carbocycles. The molecule has 108 valence electrons. The lowest BCUT2D eigenvalue weighted by atomic mass is 10.1. The summed E-state index contributed by atoms with van der Waals surface area (Å²) in [5.41, 5.74) is 3.83. The van der Waals surface area contributed by atoms with Crippen LogP contribution in [0, 0.1) is 11.6 Å². The Morgan fingerprint density at radius 3 is 2.11 bits per heavy atom. The number of hydrogen-bond acceptors (Lipinski definition) is 4. The summed E-state index contributed by atoms with van der Waals surface area (Å²) in [5.74, 6) is -2.53. The molecule has 3 N–H and O–H groups in total. The third-order valence-electron chi connectivity index (χ3n) is 2.88. The normalized spacial score (nSPS) is 13.0. The zero-order valence-electron chi connectivity index (χ0n) is 10.8. The molecule has 8 heteroatoms. The van der Waals surface area contributed by atoms with E-state index in [0.717, 1.165) is 23.5 Å². The fraction of sp³-hybridized carbons (Fsp3) is 0.455. The minimum atomic E-state index is -4.42. The molecule has 0 bridgehead atoms. The van der Waals surface area contributed by atoms with Gasteiger partial charge in [0, 0.05) is 12.7 Å². The number of hydrogen-bond donors (Lipinski definition) is 2. The highest BCUT2D eigenvalue weighted by Gasteiger charge is 2.37. The second-order valence-corrected chi connectivity index (χ2v) is 6.66. The molecule has 0 heterocycles. The summed E-state index contributed by atoms with van der Waals surface area (Å²) in [7, 11) is -3.28. The van der Waals surface area contributed by atoms with Crippen LogP contribution < -0.4 is 5.73 Å². The van der Waals surface area contributed by atoms with E-state index in [9.17, 15) is 17.2 Å². The van der Waals surface area contributed by atoms with Gasteiger partial charge in [-0.05, 0) is 26.0 Å². The molecular weight excluding hydrogens is 278 g/mol. The van der Waals surface area contributed by atoms with E-state index < -0.39 is 38.7 Å². The van der Waals surface area contributed by atoms with Crippen molar-refractivity contribution >= 4 is 15.7 Å². The quantitative estimate of drug-likeness (QED) is 0.809. The molecule has 0 atom stereocenters. The Bertz CT molecular complexity index is 565. The molecule has 0 spiro atoms. The Morgan fingerprint density at radius 1 is 1.32 bits per heavy atom. The minimum absolute atomic E-state index is 0.210. The first-order valence-corrected chi connectivity index (χ1v) is 6.82. The zero-order chi connectivity index (χ0) is 15.0. The summed E-state index contributed by atoms with van der Waals surface area (Å²) in [6, 6.07) is 1.46. The van der Waals surface area contributed by atoms with Gasteiger partial charge < -0.3 is 10.8 Å². The predicted octanol–water partition coefficient (Wildman–Crippen LogP) is 0.938. The molecule has 0 saturated heterocycles. The second kappa shape index (κ2) is 5.03. The maximum absolute atomic E-state index is 13.7. The van der Waals surface area contributed by atoms with Crippen LogP contribution in [0.3, 0.4) is 0 Å². The number of aliphatic hydroxyl groups is 1. The zero-order valence-corrected chi connectivity index (χ0v) is 11.6. The number of nitrogens with zero attached hydrogens (tertiary/aromatic N) is 1. The number of sulfonamides is 1. The SMILES string of the molecule is CN(C(C)(C)CO)S(=O)(=O)c1c(F)cc(N)cc1F. The monoisotopic (exact) mass is 294 g/mol. The number of anilines is 1. The Kier molecular flexibility index (Phi) is 4.18. The molecule has 19 heavy (non-hydrogen) atoms. The largest absolute Gasteiger partial charge is 0.399 e. The molecule has 1 rings (SSSR count). The van der Waals surface area contributed by atoms with E-state index in [0.29, 0.717) is 0 Å². The van der Waals surface area contributed by atoms with Crippen LogP contribution in [-0.2, 0) is 10.0 Å². The van der Waals surface area contributed by atoms with Crippen molar-refractivity contribution in [2.24, 2.45) is 0 Å². The average Bonchev–Trinajstić information content (AvgIpc) is 2.26. The van der Waals surface area contributed by atoms with Crippen LogP contribution in [0.4, 0.5) is 14.5 Å². The maximum atomic E-state index is 13.7. The Morgan fingerprint density at radius 2 is 1.74 bits per heavy atom. The first-order chi connectivity index (χ1) is 8.54. The van der Waals surface area contributed by atoms with Gasteiger partial charge in [0.2, 0.25) is 10.0 Å². The van der Waals surface area contributed by atoms with Crippen molar-refractivity contribution in [3.8, 4) is 0 Å². The lowest BCUT2D eigenvalue weighted by Crippen LogP contribution is -2.47. The van der Waals surface area contributed by atoms with Gasteiger partial charge in [0.1, 0.15) is 11.6 Å². The molecule has 0 unspecified atom stereocenters. The maximum Gasteiger partial charge on any atom is 0.249 e. The smallest absolute Gasteiger partial charge is 0.249 e. The summed E-state index contributed by atoms with van der Waals surface area (Å²) in [6.45, 7) is 2.36. The highest BCUT2D eigenvalue weighted by molar-refractivity contribution is 7.89. The van der Waals surface area contributed by atoms with Crippen LogP contribution in [0.15, 0.2) is 17.0 Å². The highest BCUT2D eigenvalue weighted by atomic mass is 32.2. The molecule has 0 aromatic heterocycles. The van der Waals surface area contributed by atoms with Crippen LogP contribution >= 0.6 is 0 Å². The van der Waals surface area contributed by atoms with E-state index in [4.69, 9.17) is 10.8 Å². The predicted molar refractivity (Wildman–Crippen MR) is 66.9 cm³/mol. The summed E-state index contributed by atoms with van der Waals surface area (Å²) in [6.07, 6.45) is 0. The van der Waals surface area contributed by atoms with E-state index in [-0.39, 0.29) is 5.69 Å². The molecule has 5 nitrogen and oxygen atoms in total. The molecule has 0 fully saturated rings. The molecule has 0 amide bonds. The standard InChI is InChI=1S/C11H16F2N2O3S/c1-11(2,6-16)15(3)19(17,18)10-8(12)4-7(14)5-9(10)13/h4-5,16H,6,14H2,1-3H3. The van der Waals surface area contributed by atoms with Gasteiger partial charge in [0.05, 0.1) is 12.1 Å². The Labute approximate surface area is 110 Å². The van der Waals surface area contributed by atoms with Crippen LogP contribution in [0.2, 0.25) is 0 Å². The van der Waals surface area contributed by atoms with Crippen LogP contribution in [0.5, 0.6) is 0 Å². The molecular formula is C11H16F2N2O3S. The fourth-order valence-electron chi connectivity index (χ4n) is 1.39. The van der Waals surface area contributed by atoms with Gasteiger partial charge in [0.15, 0.2) is 4.90 Å². The Hall–Kier alpha value is -1.25. The van der Waals surface area contributed by atoms with Crippen LogP contribution in [0.25, 0.3) is 0 Å². The third-order valence-corrected chi connectivity index (χ3v) is 5.00. The van der Waals surface area contributed by atoms with Crippen LogP contribution in [-0.4, -0.2) is 37.0 Å². The van der Waals surface area contributed by atoms with Crippen molar-refractivity contribution in [3.05, 3.63) is 23.8 Å². The van der Waals surface area contributed by atoms with E-state index >= 15 is 0 Å². The molecule has 0 saturated carbocycles. The number of benzene rings is 1. The van der Waals surface area contributed by atoms with Crippen molar-refractivity contribution in [2.45, 2.75) is 24.3 Å². The van der Waals surface area contributed by atoms with E-state index in [1.165, 1.54) is 13.8 Å². The molecule has 0 aliphatic heterocycles. The minimum Gasteiger partial charge on any atom is -0.399 e. The number of nitrogen functional groups attached to an aromatic ring is 1. The molecule has 1 aromatic rings. The van der Waals surface area contributed by atoms with Crippen molar-refractivity contribution in [2.75, 3.05) is 19.4 Å². The number of likely N-dealkylation sites (N-methyl/N-ethyl adjacent to an activating group) is 1. The fourth-order valence-corrected chi connectivity index (χ4v) is 2.98. The van der Waals surface area contributed by atoms with Gasteiger partial charge in [-0.25, -0.2) is 17.2 Å². The van der Waals surface area contributed by atoms with Crippen molar-refractivity contribution in [1.82, 2.24) is 4.31 Å². The van der Waals surface area contributed by atoms with Gasteiger partial charge in [-0.15, -0.1) is 0 Å². The van der Waals surface area contributed by atoms with Crippen LogP contribution in [0.1, 0.15) is 13.8 Å². The van der Waals surface area contributed by atoms with Gasteiger partial charge >= 0.3 is 0 Å². The summed E-state index contributed by atoms with van der Waals surface area (Å²) < 4.78 is 52.4. The average molecular weight is 294 g/mol. The van der Waals surface area contributed by atoms with Crippen molar-refractivity contribution < 1.29 is 22.3 Å². The van der Waals surface area contributed by atoms with E-state index in [2.05, 4.69) is 0 Å². The van der Waals surface area contributed by atoms with E-state index in [1.807, 2.05) is 0 Å². The summed E-state index contributed by atoms with van der Waals surface area (Å²) in [4.78, 5) is -1.08. The van der Waals surface area contributed by atoms with Crippen molar-refractivity contribution in [3.63, 3.8) is 0 Å². The third kappa shape index (κ3) is 2.85. The summed E-state index contributed by atoms with van der Waals surface area (Å²) in [5, 5.41) is 9.14. The second-order valence-electron chi connectivity index (χ2n) is 4.76. The lowest BCUT2D eigenvalue weighted by molar-refractivity contribution is 0.137. The first kappa shape index (κ1) is 15.8.